The number of piperidine rings is 1. The predicted octanol–water partition coefficient (Wildman–Crippen LogP) is 0.965. The molecule has 0 bridgehead atoms. The molecule has 0 spiro atoms. The van der Waals surface area contributed by atoms with E-state index in [4.69, 9.17) is 0 Å². The first-order valence-electron chi connectivity index (χ1n) is 9.41. The van der Waals surface area contributed by atoms with Crippen LogP contribution in [0.3, 0.4) is 0 Å². The van der Waals surface area contributed by atoms with E-state index in [1.807, 2.05) is 28.6 Å². The Labute approximate surface area is 158 Å². The molecule has 27 heavy (non-hydrogen) atoms. The fourth-order valence-electron chi connectivity index (χ4n) is 4.08. The van der Waals surface area contributed by atoms with E-state index in [-0.39, 0.29) is 17.7 Å². The van der Waals surface area contributed by atoms with Gasteiger partial charge in [-0.05, 0) is 24.5 Å². The fraction of sp³-hybridized carbons (Fsp3) is 0.526. The average Bonchev–Trinajstić information content (AvgIpc) is 3.28. The lowest BCUT2D eigenvalue weighted by Crippen LogP contribution is -2.42. The molecule has 8 nitrogen and oxygen atoms in total. The van der Waals surface area contributed by atoms with E-state index in [1.54, 1.807) is 23.6 Å². The second kappa shape index (κ2) is 7.46. The molecule has 0 aromatic carbocycles. The average molecular weight is 368 g/mol. The number of nitrogens with zero attached hydrogens (tertiary/aromatic N) is 6. The molecule has 2 aliphatic rings. The fourth-order valence-corrected chi connectivity index (χ4v) is 4.08. The Morgan fingerprint density at radius 1 is 1.30 bits per heavy atom. The summed E-state index contributed by atoms with van der Waals surface area (Å²) in [5, 5.41) is 8.15. The lowest BCUT2D eigenvalue weighted by atomic mass is 9.94. The molecular formula is C19H24N6O2. The van der Waals surface area contributed by atoms with Crippen molar-refractivity contribution in [1.82, 2.24) is 29.5 Å². The molecule has 0 saturated carbocycles. The Morgan fingerprint density at radius 2 is 2.11 bits per heavy atom. The van der Waals surface area contributed by atoms with Crippen molar-refractivity contribution in [3.05, 3.63) is 42.2 Å². The van der Waals surface area contributed by atoms with Crippen LogP contribution >= 0.6 is 0 Å². The number of hydrogen-bond donors (Lipinski definition) is 0. The van der Waals surface area contributed by atoms with Crippen LogP contribution in [0.15, 0.2) is 30.9 Å². The largest absolute Gasteiger partial charge is 0.342 e. The Hall–Kier alpha value is -2.77. The SMILES string of the molecule is Cn1cnnc1C1CCN(C(=O)[C@@H]2CC(=O)N(Cc3cccnc3)C2)CC1. The Morgan fingerprint density at radius 3 is 2.78 bits per heavy atom. The van der Waals surface area contributed by atoms with Crippen LogP contribution in [0.5, 0.6) is 0 Å². The van der Waals surface area contributed by atoms with Crippen LogP contribution in [0.2, 0.25) is 0 Å². The van der Waals surface area contributed by atoms with Crippen molar-refractivity contribution in [2.45, 2.75) is 31.7 Å². The summed E-state index contributed by atoms with van der Waals surface area (Å²) in [6.07, 6.45) is 7.28. The third-order valence-corrected chi connectivity index (χ3v) is 5.58. The molecule has 4 rings (SSSR count). The van der Waals surface area contributed by atoms with E-state index in [9.17, 15) is 9.59 Å². The second-order valence-corrected chi connectivity index (χ2v) is 7.44. The summed E-state index contributed by atoms with van der Waals surface area (Å²) in [7, 11) is 1.95. The zero-order valence-corrected chi connectivity index (χ0v) is 15.5. The van der Waals surface area contributed by atoms with Crippen molar-refractivity contribution in [2.24, 2.45) is 13.0 Å². The minimum Gasteiger partial charge on any atom is -0.342 e. The number of aromatic nitrogens is 4. The zero-order valence-electron chi connectivity index (χ0n) is 15.5. The van der Waals surface area contributed by atoms with Crippen LogP contribution < -0.4 is 0 Å². The summed E-state index contributed by atoms with van der Waals surface area (Å²) in [5.74, 6) is 1.25. The number of likely N-dealkylation sites (tertiary alicyclic amines) is 2. The maximum Gasteiger partial charge on any atom is 0.227 e. The quantitative estimate of drug-likeness (QED) is 0.803. The number of carbonyl (C=O) groups excluding carboxylic acids is 2. The van der Waals surface area contributed by atoms with Crippen LogP contribution in [0.1, 0.15) is 36.6 Å². The Bertz CT molecular complexity index is 813. The molecule has 0 unspecified atom stereocenters. The van der Waals surface area contributed by atoms with Gasteiger partial charge >= 0.3 is 0 Å². The smallest absolute Gasteiger partial charge is 0.227 e. The maximum atomic E-state index is 12.9. The highest BCUT2D eigenvalue weighted by molar-refractivity contribution is 5.89. The van der Waals surface area contributed by atoms with Crippen molar-refractivity contribution in [2.75, 3.05) is 19.6 Å². The van der Waals surface area contributed by atoms with Crippen molar-refractivity contribution >= 4 is 11.8 Å². The zero-order chi connectivity index (χ0) is 18.8. The highest BCUT2D eigenvalue weighted by Crippen LogP contribution is 2.29. The number of rotatable bonds is 4. The molecule has 2 saturated heterocycles. The summed E-state index contributed by atoms with van der Waals surface area (Å²) in [6.45, 7) is 2.44. The number of hydrogen-bond acceptors (Lipinski definition) is 5. The summed E-state index contributed by atoms with van der Waals surface area (Å²) < 4.78 is 1.95. The second-order valence-electron chi connectivity index (χ2n) is 7.44. The third kappa shape index (κ3) is 3.70. The van der Waals surface area contributed by atoms with Gasteiger partial charge in [-0.15, -0.1) is 10.2 Å². The van der Waals surface area contributed by atoms with Crippen molar-refractivity contribution in [3.8, 4) is 0 Å². The highest BCUT2D eigenvalue weighted by Gasteiger charge is 2.37. The van der Waals surface area contributed by atoms with Gasteiger partial charge in [0, 0.05) is 58.0 Å². The van der Waals surface area contributed by atoms with Gasteiger partial charge in [-0.25, -0.2) is 0 Å². The molecule has 2 aromatic heterocycles. The topological polar surface area (TPSA) is 84.2 Å². The van der Waals surface area contributed by atoms with E-state index in [2.05, 4.69) is 15.2 Å². The summed E-state index contributed by atoms with van der Waals surface area (Å²) in [4.78, 5) is 33.0. The number of aryl methyl sites for hydroxylation is 1. The lowest BCUT2D eigenvalue weighted by Gasteiger charge is -2.33. The van der Waals surface area contributed by atoms with Crippen LogP contribution in [-0.4, -0.2) is 61.0 Å². The first-order valence-corrected chi connectivity index (χ1v) is 9.41. The predicted molar refractivity (Wildman–Crippen MR) is 97.3 cm³/mol. The van der Waals surface area contributed by atoms with E-state index >= 15 is 0 Å². The minimum absolute atomic E-state index is 0.0474. The molecule has 1 atom stereocenters. The molecule has 2 aliphatic heterocycles. The van der Waals surface area contributed by atoms with Gasteiger partial charge in [0.15, 0.2) is 0 Å². The number of pyridine rings is 1. The van der Waals surface area contributed by atoms with E-state index in [0.29, 0.717) is 38.5 Å². The molecule has 2 amide bonds. The molecule has 4 heterocycles. The molecule has 0 aliphatic carbocycles. The first-order chi connectivity index (χ1) is 13.1. The maximum absolute atomic E-state index is 12.9. The van der Waals surface area contributed by atoms with Gasteiger partial charge in [0.25, 0.3) is 0 Å². The van der Waals surface area contributed by atoms with Crippen molar-refractivity contribution in [1.29, 1.82) is 0 Å². The number of amides is 2. The van der Waals surface area contributed by atoms with Crippen molar-refractivity contribution < 1.29 is 9.59 Å². The third-order valence-electron chi connectivity index (χ3n) is 5.58. The van der Waals surface area contributed by atoms with Gasteiger partial charge in [-0.3, -0.25) is 14.6 Å². The molecule has 0 radical (unpaired) electrons. The van der Waals surface area contributed by atoms with E-state index in [0.717, 1.165) is 24.2 Å². The van der Waals surface area contributed by atoms with Gasteiger partial charge in [0.1, 0.15) is 12.2 Å². The molecule has 0 N–H and O–H groups in total. The summed E-state index contributed by atoms with van der Waals surface area (Å²) in [5.41, 5.74) is 0.989. The molecule has 142 valence electrons. The van der Waals surface area contributed by atoms with Gasteiger partial charge in [0.2, 0.25) is 11.8 Å². The summed E-state index contributed by atoms with van der Waals surface area (Å²) in [6, 6.07) is 3.81. The van der Waals surface area contributed by atoms with Gasteiger partial charge in [-0.2, -0.15) is 0 Å². The Balaban J connectivity index is 1.33. The Kier molecular flexibility index (Phi) is 4.87. The molecular weight excluding hydrogens is 344 g/mol. The van der Waals surface area contributed by atoms with Crippen molar-refractivity contribution in [3.63, 3.8) is 0 Å². The normalized spacial score (nSPS) is 21.1. The first kappa shape index (κ1) is 17.6. The monoisotopic (exact) mass is 368 g/mol. The van der Waals surface area contributed by atoms with Crippen LogP contribution in [0.25, 0.3) is 0 Å². The number of carbonyl (C=O) groups is 2. The van der Waals surface area contributed by atoms with Gasteiger partial charge < -0.3 is 14.4 Å². The standard InChI is InChI=1S/C19H24N6O2/c1-23-13-21-22-18(23)15-4-7-24(8-5-15)19(27)16-9-17(26)25(12-16)11-14-3-2-6-20-10-14/h2-3,6,10,13,15-16H,4-5,7-9,11-12H2,1H3/t16-/m1/s1. The molecule has 2 fully saturated rings. The van der Waals surface area contributed by atoms with E-state index < -0.39 is 0 Å². The van der Waals surface area contributed by atoms with Crippen LogP contribution in [0.4, 0.5) is 0 Å². The minimum atomic E-state index is -0.236. The highest BCUT2D eigenvalue weighted by atomic mass is 16.2. The summed E-state index contributed by atoms with van der Waals surface area (Å²) >= 11 is 0. The van der Waals surface area contributed by atoms with Crippen LogP contribution in [0, 0.1) is 5.92 Å². The molecule has 8 heteroatoms. The van der Waals surface area contributed by atoms with E-state index in [1.165, 1.54) is 0 Å². The van der Waals surface area contributed by atoms with Crippen LogP contribution in [-0.2, 0) is 23.2 Å². The lowest BCUT2D eigenvalue weighted by molar-refractivity contribution is -0.136. The molecule has 2 aromatic rings. The van der Waals surface area contributed by atoms with Gasteiger partial charge in [-0.1, -0.05) is 6.07 Å². The van der Waals surface area contributed by atoms with Gasteiger partial charge in [0.05, 0.1) is 5.92 Å².